The lowest BCUT2D eigenvalue weighted by Gasteiger charge is -2.26. The average molecular weight is 205 g/mol. The molecule has 0 spiro atoms. The third kappa shape index (κ3) is 2.84. The summed E-state index contributed by atoms with van der Waals surface area (Å²) in [5.74, 6) is 0.109. The van der Waals surface area contributed by atoms with E-state index in [0.29, 0.717) is 12.2 Å². The molecule has 0 amide bonds. The number of pyridine rings is 1. The van der Waals surface area contributed by atoms with Gasteiger partial charge in [-0.05, 0) is 12.1 Å². The van der Waals surface area contributed by atoms with Crippen LogP contribution in [0.1, 0.15) is 10.5 Å². The van der Waals surface area contributed by atoms with Crippen molar-refractivity contribution in [3.05, 3.63) is 30.1 Å². The van der Waals surface area contributed by atoms with Crippen molar-refractivity contribution in [1.82, 2.24) is 15.2 Å². The van der Waals surface area contributed by atoms with Crippen molar-refractivity contribution in [2.45, 2.75) is 0 Å². The lowest BCUT2D eigenvalue weighted by atomic mass is 10.2. The van der Waals surface area contributed by atoms with Gasteiger partial charge in [-0.3, -0.25) is 14.7 Å². The second kappa shape index (κ2) is 5.00. The summed E-state index contributed by atoms with van der Waals surface area (Å²) in [6, 6.07) is 5.43. The van der Waals surface area contributed by atoms with Crippen LogP contribution in [0.5, 0.6) is 0 Å². The van der Waals surface area contributed by atoms with Gasteiger partial charge in [0.15, 0.2) is 5.78 Å². The zero-order valence-electron chi connectivity index (χ0n) is 8.65. The Kier molecular flexibility index (Phi) is 3.42. The number of hydrogen-bond acceptors (Lipinski definition) is 4. The number of ketones is 1. The maximum Gasteiger partial charge on any atom is 0.195 e. The molecule has 0 saturated carbocycles. The van der Waals surface area contributed by atoms with E-state index in [1.807, 2.05) is 12.1 Å². The van der Waals surface area contributed by atoms with Gasteiger partial charge < -0.3 is 5.32 Å². The first kappa shape index (κ1) is 10.3. The van der Waals surface area contributed by atoms with E-state index >= 15 is 0 Å². The zero-order valence-corrected chi connectivity index (χ0v) is 8.65. The molecule has 1 aromatic rings. The summed E-state index contributed by atoms with van der Waals surface area (Å²) in [6.45, 7) is 4.31. The maximum atomic E-state index is 11.8. The number of nitrogens with zero attached hydrogens (tertiary/aromatic N) is 2. The van der Waals surface area contributed by atoms with Crippen LogP contribution < -0.4 is 5.32 Å². The second-order valence-corrected chi connectivity index (χ2v) is 3.66. The Morgan fingerprint density at radius 3 is 2.87 bits per heavy atom. The van der Waals surface area contributed by atoms with Crippen LogP contribution in [-0.4, -0.2) is 48.4 Å². The van der Waals surface area contributed by atoms with Crippen molar-refractivity contribution in [2.75, 3.05) is 32.7 Å². The van der Waals surface area contributed by atoms with E-state index in [2.05, 4.69) is 15.2 Å². The lowest BCUT2D eigenvalue weighted by Crippen LogP contribution is -2.45. The molecule has 4 nitrogen and oxygen atoms in total. The van der Waals surface area contributed by atoms with Crippen molar-refractivity contribution in [3.63, 3.8) is 0 Å². The molecule has 0 aromatic carbocycles. The predicted molar refractivity (Wildman–Crippen MR) is 57.9 cm³/mol. The fourth-order valence-electron chi connectivity index (χ4n) is 1.68. The van der Waals surface area contributed by atoms with Crippen LogP contribution >= 0.6 is 0 Å². The van der Waals surface area contributed by atoms with Gasteiger partial charge in [-0.15, -0.1) is 0 Å². The molecule has 1 aliphatic heterocycles. The van der Waals surface area contributed by atoms with Gasteiger partial charge in [-0.1, -0.05) is 6.07 Å². The van der Waals surface area contributed by atoms with Crippen LogP contribution in [0.4, 0.5) is 0 Å². The zero-order chi connectivity index (χ0) is 10.5. The monoisotopic (exact) mass is 205 g/mol. The highest BCUT2D eigenvalue weighted by molar-refractivity contribution is 5.95. The Morgan fingerprint density at radius 2 is 2.20 bits per heavy atom. The van der Waals surface area contributed by atoms with Crippen LogP contribution in [0.3, 0.4) is 0 Å². The Labute approximate surface area is 89.3 Å². The van der Waals surface area contributed by atoms with E-state index in [1.54, 1.807) is 12.3 Å². The highest BCUT2D eigenvalue weighted by atomic mass is 16.1. The van der Waals surface area contributed by atoms with E-state index < -0.39 is 0 Å². The van der Waals surface area contributed by atoms with E-state index in [1.165, 1.54) is 0 Å². The number of nitrogens with one attached hydrogen (secondary N) is 1. The van der Waals surface area contributed by atoms with Crippen molar-refractivity contribution < 1.29 is 4.79 Å². The molecule has 1 fully saturated rings. The number of carbonyl (C=O) groups is 1. The largest absolute Gasteiger partial charge is 0.314 e. The van der Waals surface area contributed by atoms with Crippen molar-refractivity contribution in [1.29, 1.82) is 0 Å². The summed E-state index contributed by atoms with van der Waals surface area (Å²) in [7, 11) is 0. The molecule has 0 atom stereocenters. The van der Waals surface area contributed by atoms with Crippen LogP contribution in [0.15, 0.2) is 24.4 Å². The van der Waals surface area contributed by atoms with Gasteiger partial charge in [0.05, 0.1) is 6.54 Å². The van der Waals surface area contributed by atoms with Crippen molar-refractivity contribution >= 4 is 5.78 Å². The third-order valence-electron chi connectivity index (χ3n) is 2.53. The molecule has 0 aliphatic carbocycles. The maximum absolute atomic E-state index is 11.8. The summed E-state index contributed by atoms with van der Waals surface area (Å²) < 4.78 is 0. The minimum absolute atomic E-state index is 0.109. The molecule has 1 N–H and O–H groups in total. The van der Waals surface area contributed by atoms with E-state index in [4.69, 9.17) is 0 Å². The SMILES string of the molecule is O=C(CN1CCNCC1)c1ccccn1. The summed E-state index contributed by atoms with van der Waals surface area (Å²) in [6.07, 6.45) is 1.66. The normalized spacial score (nSPS) is 17.6. The summed E-state index contributed by atoms with van der Waals surface area (Å²) in [4.78, 5) is 18.0. The minimum atomic E-state index is 0.109. The van der Waals surface area contributed by atoms with Gasteiger partial charge in [0.2, 0.25) is 0 Å². The lowest BCUT2D eigenvalue weighted by molar-refractivity contribution is 0.0916. The first-order valence-corrected chi connectivity index (χ1v) is 5.23. The predicted octanol–water partition coefficient (Wildman–Crippen LogP) is 0.169. The van der Waals surface area contributed by atoms with Crippen LogP contribution in [-0.2, 0) is 0 Å². The fourth-order valence-corrected chi connectivity index (χ4v) is 1.68. The number of hydrogen-bond donors (Lipinski definition) is 1. The topological polar surface area (TPSA) is 45.2 Å². The molecule has 2 rings (SSSR count). The van der Waals surface area contributed by atoms with Gasteiger partial charge in [-0.25, -0.2) is 0 Å². The number of Topliss-reactive ketones (excluding diaryl/α,β-unsaturated/α-hetero) is 1. The molecular weight excluding hydrogens is 190 g/mol. The molecule has 2 heterocycles. The summed E-state index contributed by atoms with van der Waals surface area (Å²) >= 11 is 0. The van der Waals surface area contributed by atoms with Gasteiger partial charge in [0, 0.05) is 32.4 Å². The third-order valence-corrected chi connectivity index (χ3v) is 2.53. The van der Waals surface area contributed by atoms with Gasteiger partial charge >= 0.3 is 0 Å². The first-order chi connectivity index (χ1) is 7.36. The minimum Gasteiger partial charge on any atom is -0.314 e. The smallest absolute Gasteiger partial charge is 0.195 e. The molecule has 4 heteroatoms. The highest BCUT2D eigenvalue weighted by Gasteiger charge is 2.14. The summed E-state index contributed by atoms with van der Waals surface area (Å²) in [5.41, 5.74) is 0.566. The van der Waals surface area contributed by atoms with Crippen LogP contribution in [0.25, 0.3) is 0 Å². The summed E-state index contributed by atoms with van der Waals surface area (Å²) in [5, 5.41) is 3.26. The molecular formula is C11H15N3O. The first-order valence-electron chi connectivity index (χ1n) is 5.23. The van der Waals surface area contributed by atoms with Gasteiger partial charge in [-0.2, -0.15) is 0 Å². The Morgan fingerprint density at radius 1 is 1.40 bits per heavy atom. The number of piperazine rings is 1. The molecule has 0 radical (unpaired) electrons. The highest BCUT2D eigenvalue weighted by Crippen LogP contribution is 1.99. The fraction of sp³-hybridized carbons (Fsp3) is 0.455. The van der Waals surface area contributed by atoms with Crippen LogP contribution in [0, 0.1) is 0 Å². The van der Waals surface area contributed by atoms with Crippen molar-refractivity contribution in [2.24, 2.45) is 0 Å². The molecule has 1 aliphatic rings. The quantitative estimate of drug-likeness (QED) is 0.714. The Hall–Kier alpha value is -1.26. The molecule has 0 bridgehead atoms. The van der Waals surface area contributed by atoms with Gasteiger partial charge in [0.25, 0.3) is 0 Å². The van der Waals surface area contributed by atoms with E-state index in [9.17, 15) is 4.79 Å². The molecule has 1 aromatic heterocycles. The van der Waals surface area contributed by atoms with E-state index in [-0.39, 0.29) is 5.78 Å². The number of aromatic nitrogens is 1. The average Bonchev–Trinajstić information content (AvgIpc) is 2.31. The molecule has 1 saturated heterocycles. The van der Waals surface area contributed by atoms with Crippen LogP contribution in [0.2, 0.25) is 0 Å². The molecule has 0 unspecified atom stereocenters. The molecule has 15 heavy (non-hydrogen) atoms. The Balaban J connectivity index is 1.91. The number of carbonyl (C=O) groups excluding carboxylic acids is 1. The number of rotatable bonds is 3. The Bertz CT molecular complexity index is 320. The second-order valence-electron chi connectivity index (χ2n) is 3.66. The standard InChI is InChI=1S/C11H15N3O/c15-11(10-3-1-2-4-13-10)9-14-7-5-12-6-8-14/h1-4,12H,5-9H2. The van der Waals surface area contributed by atoms with Gasteiger partial charge in [0.1, 0.15) is 5.69 Å². The van der Waals surface area contributed by atoms with Crippen molar-refractivity contribution in [3.8, 4) is 0 Å². The molecule has 80 valence electrons. The van der Waals surface area contributed by atoms with E-state index in [0.717, 1.165) is 26.2 Å².